The molecule has 0 radical (unpaired) electrons. The smallest absolute Gasteiger partial charge is 0.0596 e. The molecule has 0 fully saturated rings. The number of rotatable bonds is 6. The van der Waals surface area contributed by atoms with Gasteiger partial charge >= 0.3 is 0 Å². The average Bonchev–Trinajstić information content (AvgIpc) is 2.29. The molecule has 0 aliphatic carbocycles. The first-order chi connectivity index (χ1) is 7.31. The zero-order valence-corrected chi connectivity index (χ0v) is 11.7. The summed E-state index contributed by atoms with van der Waals surface area (Å²) in [6.45, 7) is 8.51. The maximum atomic E-state index is 5.63. The molecule has 0 aromatic carbocycles. The van der Waals surface area contributed by atoms with Gasteiger partial charge in [0.15, 0.2) is 0 Å². The van der Waals surface area contributed by atoms with Crippen LogP contribution < -0.4 is 0 Å². The summed E-state index contributed by atoms with van der Waals surface area (Å²) in [6, 6.07) is 0. The Morgan fingerprint density at radius 1 is 1.20 bits per heavy atom. The third kappa shape index (κ3) is 4.41. The molecule has 1 heterocycles. The van der Waals surface area contributed by atoms with E-state index in [1.165, 1.54) is 18.6 Å². The molecule has 1 atom stereocenters. The minimum absolute atomic E-state index is 0.673. The van der Waals surface area contributed by atoms with Crippen LogP contribution in [0.15, 0.2) is 9.81 Å². The predicted molar refractivity (Wildman–Crippen MR) is 72.6 cm³/mol. The Labute approximate surface area is 102 Å². The van der Waals surface area contributed by atoms with Crippen LogP contribution in [0.2, 0.25) is 0 Å². The van der Waals surface area contributed by atoms with Gasteiger partial charge in [0.25, 0.3) is 0 Å². The molecule has 1 aliphatic heterocycles. The van der Waals surface area contributed by atoms with E-state index in [0.717, 1.165) is 19.6 Å². The SMILES string of the molecule is CCCOCC1CSC(CC)=C(CC)S1. The van der Waals surface area contributed by atoms with Crippen molar-refractivity contribution in [2.24, 2.45) is 0 Å². The zero-order chi connectivity index (χ0) is 11.1. The standard InChI is InChI=1S/C12H22OS2/c1-4-7-13-8-10-9-14-11(5-2)12(6-3)15-10/h10H,4-9H2,1-3H3. The van der Waals surface area contributed by atoms with Crippen molar-refractivity contribution in [3.8, 4) is 0 Å². The normalized spacial score (nSPS) is 22.2. The molecular formula is C12H22OS2. The van der Waals surface area contributed by atoms with Gasteiger partial charge in [0.1, 0.15) is 0 Å². The fourth-order valence-corrected chi connectivity index (χ4v) is 4.40. The van der Waals surface area contributed by atoms with Crippen molar-refractivity contribution in [2.75, 3.05) is 19.0 Å². The largest absolute Gasteiger partial charge is 0.380 e. The highest BCUT2D eigenvalue weighted by Gasteiger charge is 2.20. The second-order valence-corrected chi connectivity index (χ2v) is 6.19. The van der Waals surface area contributed by atoms with E-state index in [0.29, 0.717) is 5.25 Å². The minimum atomic E-state index is 0.673. The summed E-state index contributed by atoms with van der Waals surface area (Å²) in [4.78, 5) is 3.20. The summed E-state index contributed by atoms with van der Waals surface area (Å²) in [7, 11) is 0. The molecule has 3 heteroatoms. The highest BCUT2D eigenvalue weighted by atomic mass is 32.2. The summed E-state index contributed by atoms with van der Waals surface area (Å²) >= 11 is 4.09. The van der Waals surface area contributed by atoms with E-state index in [1.54, 1.807) is 9.81 Å². The van der Waals surface area contributed by atoms with Gasteiger partial charge in [0, 0.05) is 17.6 Å². The first-order valence-electron chi connectivity index (χ1n) is 5.90. The van der Waals surface area contributed by atoms with Gasteiger partial charge < -0.3 is 4.74 Å². The van der Waals surface area contributed by atoms with E-state index in [1.807, 2.05) is 23.5 Å². The minimum Gasteiger partial charge on any atom is -0.380 e. The molecule has 0 amide bonds. The monoisotopic (exact) mass is 246 g/mol. The lowest BCUT2D eigenvalue weighted by atomic mass is 10.3. The van der Waals surface area contributed by atoms with Crippen molar-refractivity contribution in [3.05, 3.63) is 9.81 Å². The number of ether oxygens (including phenoxy) is 1. The van der Waals surface area contributed by atoms with E-state index in [2.05, 4.69) is 20.8 Å². The van der Waals surface area contributed by atoms with Crippen LogP contribution in [-0.4, -0.2) is 24.2 Å². The van der Waals surface area contributed by atoms with Crippen molar-refractivity contribution in [1.82, 2.24) is 0 Å². The Hall–Kier alpha value is 0.400. The summed E-state index contributed by atoms with van der Waals surface area (Å²) in [6.07, 6.45) is 3.51. The maximum Gasteiger partial charge on any atom is 0.0596 e. The van der Waals surface area contributed by atoms with Crippen molar-refractivity contribution in [3.63, 3.8) is 0 Å². The summed E-state index contributed by atoms with van der Waals surface area (Å²) in [5, 5.41) is 0.673. The molecule has 0 bridgehead atoms. The summed E-state index contributed by atoms with van der Waals surface area (Å²) in [5.74, 6) is 1.22. The van der Waals surface area contributed by atoms with E-state index in [-0.39, 0.29) is 0 Å². The molecule has 0 N–H and O–H groups in total. The summed E-state index contributed by atoms with van der Waals surface area (Å²) < 4.78 is 5.63. The van der Waals surface area contributed by atoms with Crippen LogP contribution in [0.3, 0.4) is 0 Å². The van der Waals surface area contributed by atoms with Gasteiger partial charge in [-0.25, -0.2) is 0 Å². The lowest BCUT2D eigenvalue weighted by molar-refractivity contribution is 0.139. The highest BCUT2D eigenvalue weighted by Crippen LogP contribution is 2.41. The van der Waals surface area contributed by atoms with Crippen LogP contribution in [0.4, 0.5) is 0 Å². The maximum absolute atomic E-state index is 5.63. The molecular weight excluding hydrogens is 224 g/mol. The van der Waals surface area contributed by atoms with Crippen molar-refractivity contribution in [2.45, 2.75) is 45.3 Å². The van der Waals surface area contributed by atoms with Gasteiger partial charge in [-0.1, -0.05) is 20.8 Å². The fraction of sp³-hybridized carbons (Fsp3) is 0.833. The Bertz CT molecular complexity index is 214. The van der Waals surface area contributed by atoms with Crippen LogP contribution in [0.1, 0.15) is 40.0 Å². The van der Waals surface area contributed by atoms with E-state index >= 15 is 0 Å². The number of hydrogen-bond donors (Lipinski definition) is 0. The van der Waals surface area contributed by atoms with Gasteiger partial charge in [-0.2, -0.15) is 0 Å². The van der Waals surface area contributed by atoms with Gasteiger partial charge in [0.05, 0.1) is 6.61 Å². The van der Waals surface area contributed by atoms with Gasteiger partial charge in [-0.3, -0.25) is 0 Å². The number of thioether (sulfide) groups is 2. The van der Waals surface area contributed by atoms with Crippen LogP contribution in [0.5, 0.6) is 0 Å². The van der Waals surface area contributed by atoms with Crippen molar-refractivity contribution < 1.29 is 4.74 Å². The lowest BCUT2D eigenvalue weighted by Crippen LogP contribution is -2.18. The number of hydrogen-bond acceptors (Lipinski definition) is 3. The molecule has 0 saturated heterocycles. The van der Waals surface area contributed by atoms with Crippen LogP contribution >= 0.6 is 23.5 Å². The Balaban J connectivity index is 2.38. The Morgan fingerprint density at radius 2 is 1.93 bits per heavy atom. The molecule has 15 heavy (non-hydrogen) atoms. The molecule has 0 aromatic rings. The molecule has 1 rings (SSSR count). The van der Waals surface area contributed by atoms with Crippen LogP contribution in [0.25, 0.3) is 0 Å². The average molecular weight is 246 g/mol. The lowest BCUT2D eigenvalue weighted by Gasteiger charge is -2.25. The molecule has 1 nitrogen and oxygen atoms in total. The quantitative estimate of drug-likeness (QED) is 0.647. The van der Waals surface area contributed by atoms with Crippen molar-refractivity contribution in [1.29, 1.82) is 0 Å². The highest BCUT2D eigenvalue weighted by molar-refractivity contribution is 8.10. The molecule has 1 aliphatic rings. The van der Waals surface area contributed by atoms with Crippen LogP contribution in [0, 0.1) is 0 Å². The van der Waals surface area contributed by atoms with Gasteiger partial charge in [0.2, 0.25) is 0 Å². The second kappa shape index (κ2) is 7.64. The number of allylic oxidation sites excluding steroid dienone is 2. The first-order valence-corrected chi connectivity index (χ1v) is 7.77. The third-order valence-electron chi connectivity index (χ3n) is 2.36. The molecule has 0 saturated carbocycles. The molecule has 1 unspecified atom stereocenters. The topological polar surface area (TPSA) is 9.23 Å². The first kappa shape index (κ1) is 13.5. The Morgan fingerprint density at radius 3 is 2.53 bits per heavy atom. The Kier molecular flexibility index (Phi) is 6.86. The zero-order valence-electron chi connectivity index (χ0n) is 10.0. The third-order valence-corrected chi connectivity index (χ3v) is 5.61. The molecule has 88 valence electrons. The molecule has 0 aromatic heterocycles. The van der Waals surface area contributed by atoms with Gasteiger partial charge in [-0.05, 0) is 29.1 Å². The van der Waals surface area contributed by atoms with E-state index < -0.39 is 0 Å². The predicted octanol–water partition coefficient (Wildman–Crippen LogP) is 4.29. The second-order valence-electron chi connectivity index (χ2n) is 3.68. The fourth-order valence-electron chi connectivity index (χ4n) is 1.60. The van der Waals surface area contributed by atoms with Gasteiger partial charge in [-0.15, -0.1) is 23.5 Å². The summed E-state index contributed by atoms with van der Waals surface area (Å²) in [5.41, 5.74) is 0. The van der Waals surface area contributed by atoms with Crippen molar-refractivity contribution >= 4 is 23.5 Å². The van der Waals surface area contributed by atoms with Crippen LogP contribution in [-0.2, 0) is 4.74 Å². The van der Waals surface area contributed by atoms with E-state index in [4.69, 9.17) is 4.74 Å². The van der Waals surface area contributed by atoms with E-state index in [9.17, 15) is 0 Å². The molecule has 0 spiro atoms.